The maximum atomic E-state index is 10.2. The van der Waals surface area contributed by atoms with Gasteiger partial charge in [0.2, 0.25) is 0 Å². The Hall–Kier alpha value is -1.35. The third-order valence-corrected chi connectivity index (χ3v) is 1.53. The van der Waals surface area contributed by atoms with Crippen LogP contribution in [0, 0.1) is 0 Å². The number of hydrogen-bond donors (Lipinski definition) is 1. The van der Waals surface area contributed by atoms with Gasteiger partial charge >= 0.3 is 0 Å². The summed E-state index contributed by atoms with van der Waals surface area (Å²) in [7, 11) is 0. The van der Waals surface area contributed by atoms with E-state index in [-0.39, 0.29) is 5.71 Å². The molecular weight excluding hydrogens is 178 g/mol. The van der Waals surface area contributed by atoms with E-state index in [1.165, 1.54) is 12.4 Å². The van der Waals surface area contributed by atoms with Crippen LogP contribution in [0.5, 0.6) is 0 Å². The van der Waals surface area contributed by atoms with Gasteiger partial charge in [-0.05, 0) is 12.1 Å². The van der Waals surface area contributed by atoms with E-state index in [1.54, 1.807) is 18.2 Å². The van der Waals surface area contributed by atoms with Gasteiger partial charge < -0.3 is 5.21 Å². The normalized spacial score (nSPS) is 11.2. The van der Waals surface area contributed by atoms with E-state index in [0.29, 0.717) is 10.6 Å². The van der Waals surface area contributed by atoms with Crippen LogP contribution in [0.2, 0.25) is 5.02 Å². The fraction of sp³-hybridized carbons (Fsp3) is 0. The molecule has 3 nitrogen and oxygen atoms in total. The van der Waals surface area contributed by atoms with E-state index in [1.807, 2.05) is 0 Å². The van der Waals surface area contributed by atoms with Crippen LogP contribution in [0.1, 0.15) is 5.56 Å². The van der Waals surface area contributed by atoms with Gasteiger partial charge in [0.25, 0.3) is 6.29 Å². The first-order valence-electron chi connectivity index (χ1n) is 3.14. The van der Waals surface area contributed by atoms with E-state index in [9.17, 15) is 4.79 Å². The van der Waals surface area contributed by atoms with Crippen molar-refractivity contribution in [3.8, 4) is 0 Å². The lowest BCUT2D eigenvalue weighted by atomic mass is 10.1. The molecule has 1 rings (SSSR count). The standard InChI is InChI=1S/C8H5ClNO2/c9-7-3-1-2-6(4-7)8(5-11)10-12/h1-4,12H/b10-8-. The zero-order chi connectivity index (χ0) is 8.97. The van der Waals surface area contributed by atoms with Crippen molar-refractivity contribution in [2.75, 3.05) is 0 Å². The molecule has 0 spiro atoms. The van der Waals surface area contributed by atoms with E-state index < -0.39 is 0 Å². The van der Waals surface area contributed by atoms with Crippen molar-refractivity contribution in [3.63, 3.8) is 0 Å². The number of carbonyl (C=O) groups excluding carboxylic acids is 1. The second kappa shape index (κ2) is 3.88. The molecule has 0 fully saturated rings. The number of halogens is 1. The predicted molar refractivity (Wildman–Crippen MR) is 45.5 cm³/mol. The molecule has 1 N–H and O–H groups in total. The van der Waals surface area contributed by atoms with Crippen LogP contribution in [-0.4, -0.2) is 17.2 Å². The van der Waals surface area contributed by atoms with Gasteiger partial charge in [0.15, 0.2) is 5.71 Å². The molecule has 0 atom stereocenters. The molecule has 0 aliphatic rings. The molecule has 0 bridgehead atoms. The van der Waals surface area contributed by atoms with Crippen molar-refractivity contribution >= 4 is 23.6 Å². The van der Waals surface area contributed by atoms with Gasteiger partial charge in [-0.2, -0.15) is 0 Å². The fourth-order valence-corrected chi connectivity index (χ4v) is 0.963. The van der Waals surface area contributed by atoms with Crippen molar-refractivity contribution in [2.24, 2.45) is 5.16 Å². The van der Waals surface area contributed by atoms with Crippen LogP contribution in [-0.2, 0) is 4.79 Å². The smallest absolute Gasteiger partial charge is 0.257 e. The maximum Gasteiger partial charge on any atom is 0.257 e. The highest BCUT2D eigenvalue weighted by Gasteiger charge is 2.03. The average molecular weight is 183 g/mol. The Balaban J connectivity index is 3.10. The molecule has 0 saturated carbocycles. The van der Waals surface area contributed by atoms with Crippen LogP contribution in [0.4, 0.5) is 0 Å². The minimum absolute atomic E-state index is 0.155. The molecule has 1 aromatic rings. The first-order valence-corrected chi connectivity index (χ1v) is 3.52. The van der Waals surface area contributed by atoms with Crippen molar-refractivity contribution in [1.29, 1.82) is 0 Å². The molecule has 0 heterocycles. The number of rotatable bonds is 2. The molecule has 4 heteroatoms. The first kappa shape index (κ1) is 8.74. The largest absolute Gasteiger partial charge is 0.410 e. The third-order valence-electron chi connectivity index (χ3n) is 1.29. The first-order chi connectivity index (χ1) is 5.77. The summed E-state index contributed by atoms with van der Waals surface area (Å²) < 4.78 is 0. The Bertz CT molecular complexity index is 323. The minimum atomic E-state index is -0.155. The van der Waals surface area contributed by atoms with Gasteiger partial charge in [-0.15, -0.1) is 0 Å². The Morgan fingerprint density at radius 3 is 2.83 bits per heavy atom. The predicted octanol–water partition coefficient (Wildman–Crippen LogP) is 1.63. The second-order valence-electron chi connectivity index (χ2n) is 2.06. The lowest BCUT2D eigenvalue weighted by Gasteiger charge is -1.95. The maximum absolute atomic E-state index is 10.2. The van der Waals surface area contributed by atoms with E-state index >= 15 is 0 Å². The molecule has 61 valence electrons. The molecule has 1 radical (unpaired) electrons. The Kier molecular flexibility index (Phi) is 2.82. The third kappa shape index (κ3) is 1.83. The summed E-state index contributed by atoms with van der Waals surface area (Å²) in [5.74, 6) is 0. The van der Waals surface area contributed by atoms with Crippen molar-refractivity contribution < 1.29 is 10.0 Å². The van der Waals surface area contributed by atoms with Crippen LogP contribution >= 0.6 is 11.6 Å². The Labute approximate surface area is 74.3 Å². The quantitative estimate of drug-likeness (QED) is 0.429. The van der Waals surface area contributed by atoms with E-state index in [2.05, 4.69) is 5.16 Å². The van der Waals surface area contributed by atoms with Crippen LogP contribution in [0.3, 0.4) is 0 Å². The minimum Gasteiger partial charge on any atom is -0.410 e. The van der Waals surface area contributed by atoms with Gasteiger partial charge in [0.05, 0.1) is 0 Å². The number of hydrogen-bond acceptors (Lipinski definition) is 3. The topological polar surface area (TPSA) is 49.7 Å². The number of benzene rings is 1. The van der Waals surface area contributed by atoms with Crippen LogP contribution in [0.15, 0.2) is 29.4 Å². The summed E-state index contributed by atoms with van der Waals surface area (Å²) in [4.78, 5) is 10.2. The summed E-state index contributed by atoms with van der Waals surface area (Å²) in [6.45, 7) is 0. The van der Waals surface area contributed by atoms with Crippen molar-refractivity contribution in [2.45, 2.75) is 0 Å². The molecule has 0 aliphatic heterocycles. The lowest BCUT2D eigenvalue weighted by Crippen LogP contribution is -2.01. The summed E-state index contributed by atoms with van der Waals surface area (Å²) in [5, 5.41) is 11.6. The highest BCUT2D eigenvalue weighted by molar-refractivity contribution is 6.37. The molecule has 1 aromatic carbocycles. The SMILES string of the molecule is O=[C]/C(=N/O)c1cccc(Cl)c1. The molecule has 0 aromatic heterocycles. The molecule has 0 amide bonds. The monoisotopic (exact) mass is 182 g/mol. The van der Waals surface area contributed by atoms with Gasteiger partial charge in [0, 0.05) is 10.6 Å². The summed E-state index contributed by atoms with van der Waals surface area (Å²) in [6.07, 6.45) is 1.49. The molecular formula is C8H5ClNO2. The highest BCUT2D eigenvalue weighted by Crippen LogP contribution is 2.10. The summed E-state index contributed by atoms with van der Waals surface area (Å²) >= 11 is 5.64. The van der Waals surface area contributed by atoms with Crippen molar-refractivity contribution in [3.05, 3.63) is 34.9 Å². The molecule has 0 unspecified atom stereocenters. The van der Waals surface area contributed by atoms with E-state index in [0.717, 1.165) is 0 Å². The number of nitrogens with zero attached hydrogens (tertiary/aromatic N) is 1. The second-order valence-corrected chi connectivity index (χ2v) is 2.50. The van der Waals surface area contributed by atoms with Crippen molar-refractivity contribution in [1.82, 2.24) is 0 Å². The molecule has 0 aliphatic carbocycles. The molecule has 12 heavy (non-hydrogen) atoms. The fourth-order valence-electron chi connectivity index (χ4n) is 0.773. The summed E-state index contributed by atoms with van der Waals surface area (Å²) in [5.41, 5.74) is 0.289. The van der Waals surface area contributed by atoms with Gasteiger partial charge in [-0.3, -0.25) is 4.79 Å². The van der Waals surface area contributed by atoms with Crippen LogP contribution in [0.25, 0.3) is 0 Å². The Morgan fingerprint density at radius 1 is 1.58 bits per heavy atom. The molecule has 0 saturated heterocycles. The summed E-state index contributed by atoms with van der Waals surface area (Å²) in [6, 6.07) is 6.43. The lowest BCUT2D eigenvalue weighted by molar-refractivity contribution is 0.320. The van der Waals surface area contributed by atoms with Crippen LogP contribution < -0.4 is 0 Å². The van der Waals surface area contributed by atoms with Gasteiger partial charge in [0.1, 0.15) is 0 Å². The Morgan fingerprint density at radius 2 is 2.33 bits per heavy atom. The zero-order valence-corrected chi connectivity index (χ0v) is 6.75. The highest BCUT2D eigenvalue weighted by atomic mass is 35.5. The van der Waals surface area contributed by atoms with Gasteiger partial charge in [-0.25, -0.2) is 0 Å². The van der Waals surface area contributed by atoms with Gasteiger partial charge in [-0.1, -0.05) is 28.9 Å². The average Bonchev–Trinajstić information content (AvgIpc) is 2.07. The number of oxime groups is 1. The van der Waals surface area contributed by atoms with E-state index in [4.69, 9.17) is 16.8 Å². The zero-order valence-electron chi connectivity index (χ0n) is 5.99.